The molecule has 1 amide bonds. The highest BCUT2D eigenvalue weighted by atomic mass is 16.7. The highest BCUT2D eigenvalue weighted by molar-refractivity contribution is 5.93. The summed E-state index contributed by atoms with van der Waals surface area (Å²) in [6, 6.07) is 5.94. The van der Waals surface area contributed by atoms with Crippen molar-refractivity contribution < 1.29 is 9.63 Å². The number of carbonyl (C=O) groups is 1. The average molecular weight is 233 g/mol. The summed E-state index contributed by atoms with van der Waals surface area (Å²) >= 11 is 0. The minimum absolute atomic E-state index is 0.00317. The first-order valence-electron chi connectivity index (χ1n) is 6.24. The number of rotatable bonds is 3. The van der Waals surface area contributed by atoms with Crippen LogP contribution in [0, 0.1) is 0 Å². The fourth-order valence-corrected chi connectivity index (χ4v) is 2.10. The maximum atomic E-state index is 11.8. The van der Waals surface area contributed by atoms with Crippen LogP contribution in [0.5, 0.6) is 0 Å². The molecule has 17 heavy (non-hydrogen) atoms. The molecule has 2 rings (SSSR count). The second kappa shape index (κ2) is 5.32. The van der Waals surface area contributed by atoms with Gasteiger partial charge in [-0.2, -0.15) is 0 Å². The van der Waals surface area contributed by atoms with Crippen LogP contribution in [-0.2, 0) is 17.7 Å². The van der Waals surface area contributed by atoms with Crippen molar-refractivity contribution in [3.8, 4) is 0 Å². The van der Waals surface area contributed by atoms with E-state index in [0.29, 0.717) is 5.56 Å². The summed E-state index contributed by atoms with van der Waals surface area (Å²) in [7, 11) is 0. The van der Waals surface area contributed by atoms with E-state index in [-0.39, 0.29) is 12.0 Å². The summed E-state index contributed by atoms with van der Waals surface area (Å²) in [5, 5.41) is 0. The van der Waals surface area contributed by atoms with Gasteiger partial charge in [-0.15, -0.1) is 0 Å². The van der Waals surface area contributed by atoms with Gasteiger partial charge in [0.2, 0.25) is 0 Å². The van der Waals surface area contributed by atoms with Crippen LogP contribution >= 0.6 is 0 Å². The third-order valence-electron chi connectivity index (χ3n) is 3.00. The van der Waals surface area contributed by atoms with Crippen molar-refractivity contribution in [1.29, 1.82) is 0 Å². The van der Waals surface area contributed by atoms with Crippen molar-refractivity contribution in [3.05, 3.63) is 34.9 Å². The lowest BCUT2D eigenvalue weighted by Gasteiger charge is -2.16. The molecule has 0 saturated carbocycles. The van der Waals surface area contributed by atoms with E-state index in [4.69, 9.17) is 4.84 Å². The lowest BCUT2D eigenvalue weighted by Crippen LogP contribution is -2.27. The fraction of sp³-hybridized carbons (Fsp3) is 0.500. The maximum Gasteiger partial charge on any atom is 0.274 e. The van der Waals surface area contributed by atoms with Crippen molar-refractivity contribution in [2.45, 2.75) is 45.6 Å². The molecular weight excluding hydrogens is 214 g/mol. The molecule has 1 aliphatic rings. The minimum Gasteiger partial charge on any atom is -0.271 e. The Kier molecular flexibility index (Phi) is 3.79. The monoisotopic (exact) mass is 233 g/mol. The van der Waals surface area contributed by atoms with Crippen molar-refractivity contribution in [2.75, 3.05) is 0 Å². The molecule has 3 heteroatoms. The fourth-order valence-electron chi connectivity index (χ4n) is 2.10. The number of carbonyl (C=O) groups excluding carboxylic acids is 1. The van der Waals surface area contributed by atoms with E-state index in [0.717, 1.165) is 12.8 Å². The third-order valence-corrected chi connectivity index (χ3v) is 3.00. The number of benzene rings is 1. The molecule has 3 nitrogen and oxygen atoms in total. The standard InChI is InChI=1S/C14H19NO2/c1-10(2)17-15-14(16)13-8-7-11-5-3-4-6-12(11)9-13/h7-10H,3-6H2,1-2H3,(H,15,16). The number of hydrogen-bond donors (Lipinski definition) is 1. The lowest BCUT2D eigenvalue weighted by molar-refractivity contribution is 0.000182. The highest BCUT2D eigenvalue weighted by Crippen LogP contribution is 2.22. The molecular formula is C14H19NO2. The molecule has 0 atom stereocenters. The maximum absolute atomic E-state index is 11.8. The van der Waals surface area contributed by atoms with E-state index in [1.165, 1.54) is 24.0 Å². The van der Waals surface area contributed by atoms with Gasteiger partial charge in [-0.25, -0.2) is 5.48 Å². The van der Waals surface area contributed by atoms with Gasteiger partial charge in [0.05, 0.1) is 6.10 Å². The number of hydrogen-bond acceptors (Lipinski definition) is 2. The molecule has 1 aliphatic carbocycles. The normalized spacial score (nSPS) is 14.5. The zero-order valence-corrected chi connectivity index (χ0v) is 10.5. The summed E-state index contributed by atoms with van der Waals surface area (Å²) in [4.78, 5) is 16.9. The number of amides is 1. The minimum atomic E-state index is -0.160. The molecule has 1 aromatic rings. The van der Waals surface area contributed by atoms with Gasteiger partial charge in [-0.1, -0.05) is 6.07 Å². The zero-order valence-electron chi connectivity index (χ0n) is 10.5. The molecule has 0 fully saturated rings. The van der Waals surface area contributed by atoms with Crippen LogP contribution in [0.3, 0.4) is 0 Å². The number of nitrogens with one attached hydrogen (secondary N) is 1. The summed E-state index contributed by atoms with van der Waals surface area (Å²) < 4.78 is 0. The SMILES string of the molecule is CC(C)ONC(=O)c1ccc2c(c1)CCCC2. The van der Waals surface area contributed by atoms with Gasteiger partial charge in [0.1, 0.15) is 0 Å². The molecule has 1 aromatic carbocycles. The Balaban J connectivity index is 2.08. The summed E-state index contributed by atoms with van der Waals surface area (Å²) in [5.74, 6) is -0.160. The Morgan fingerprint density at radius 2 is 1.94 bits per heavy atom. The zero-order chi connectivity index (χ0) is 12.3. The van der Waals surface area contributed by atoms with Gasteiger partial charge in [0, 0.05) is 5.56 Å². The smallest absolute Gasteiger partial charge is 0.271 e. The first-order chi connectivity index (χ1) is 8.16. The second-order valence-corrected chi connectivity index (χ2v) is 4.79. The first kappa shape index (κ1) is 12.1. The van der Waals surface area contributed by atoms with E-state index in [1.54, 1.807) is 0 Å². The van der Waals surface area contributed by atoms with E-state index in [2.05, 4.69) is 11.5 Å². The van der Waals surface area contributed by atoms with E-state index in [1.807, 2.05) is 26.0 Å². The molecule has 0 radical (unpaired) electrons. The topological polar surface area (TPSA) is 38.3 Å². The summed E-state index contributed by atoms with van der Waals surface area (Å²) in [5.41, 5.74) is 5.85. The highest BCUT2D eigenvalue weighted by Gasteiger charge is 2.13. The van der Waals surface area contributed by atoms with Crippen molar-refractivity contribution >= 4 is 5.91 Å². The molecule has 0 saturated heterocycles. The van der Waals surface area contributed by atoms with E-state index in [9.17, 15) is 4.79 Å². The Morgan fingerprint density at radius 3 is 2.65 bits per heavy atom. The molecule has 0 unspecified atom stereocenters. The van der Waals surface area contributed by atoms with Gasteiger partial charge in [-0.05, 0) is 62.8 Å². The number of fused-ring (bicyclic) bond motifs is 1. The van der Waals surface area contributed by atoms with Gasteiger partial charge in [-0.3, -0.25) is 9.63 Å². The summed E-state index contributed by atoms with van der Waals surface area (Å²) in [6.07, 6.45) is 4.70. The van der Waals surface area contributed by atoms with Crippen LogP contribution in [0.4, 0.5) is 0 Å². The second-order valence-electron chi connectivity index (χ2n) is 4.79. The molecule has 0 spiro atoms. The largest absolute Gasteiger partial charge is 0.274 e. The van der Waals surface area contributed by atoms with Crippen molar-refractivity contribution in [3.63, 3.8) is 0 Å². The quantitative estimate of drug-likeness (QED) is 0.815. The molecule has 0 bridgehead atoms. The van der Waals surface area contributed by atoms with E-state index >= 15 is 0 Å². The van der Waals surface area contributed by atoms with Crippen LogP contribution in [0.2, 0.25) is 0 Å². The van der Waals surface area contributed by atoms with Gasteiger partial charge < -0.3 is 0 Å². The van der Waals surface area contributed by atoms with Crippen LogP contribution in [0.1, 0.15) is 48.2 Å². The third kappa shape index (κ3) is 3.07. The van der Waals surface area contributed by atoms with Crippen LogP contribution < -0.4 is 5.48 Å². The lowest BCUT2D eigenvalue weighted by atomic mass is 9.90. The molecule has 0 heterocycles. The Bertz CT molecular complexity index is 413. The molecule has 0 aliphatic heterocycles. The Hall–Kier alpha value is -1.35. The predicted molar refractivity (Wildman–Crippen MR) is 66.8 cm³/mol. The number of aryl methyl sites for hydroxylation is 2. The predicted octanol–water partition coefficient (Wildman–Crippen LogP) is 2.64. The van der Waals surface area contributed by atoms with Crippen LogP contribution in [0.25, 0.3) is 0 Å². The summed E-state index contributed by atoms with van der Waals surface area (Å²) in [6.45, 7) is 3.76. The van der Waals surface area contributed by atoms with Gasteiger partial charge in [0.25, 0.3) is 5.91 Å². The van der Waals surface area contributed by atoms with Crippen molar-refractivity contribution in [2.24, 2.45) is 0 Å². The Labute approximate surface area is 102 Å². The van der Waals surface area contributed by atoms with Crippen LogP contribution in [-0.4, -0.2) is 12.0 Å². The number of hydroxylamine groups is 1. The molecule has 1 N–H and O–H groups in total. The van der Waals surface area contributed by atoms with E-state index < -0.39 is 0 Å². The Morgan fingerprint density at radius 1 is 1.24 bits per heavy atom. The van der Waals surface area contributed by atoms with Crippen molar-refractivity contribution in [1.82, 2.24) is 5.48 Å². The first-order valence-corrected chi connectivity index (χ1v) is 6.24. The van der Waals surface area contributed by atoms with Crippen LogP contribution in [0.15, 0.2) is 18.2 Å². The molecule has 0 aromatic heterocycles. The van der Waals surface area contributed by atoms with Gasteiger partial charge >= 0.3 is 0 Å². The average Bonchev–Trinajstić information content (AvgIpc) is 2.35. The molecule has 92 valence electrons. The van der Waals surface area contributed by atoms with Gasteiger partial charge in [0.15, 0.2) is 0 Å².